The van der Waals surface area contributed by atoms with Crippen LogP contribution in [0.3, 0.4) is 0 Å². The van der Waals surface area contributed by atoms with Gasteiger partial charge in [-0.25, -0.2) is 4.98 Å². The van der Waals surface area contributed by atoms with Crippen LogP contribution in [0, 0.1) is 0 Å². The number of aromatic nitrogens is 1. The second-order valence-corrected chi connectivity index (χ2v) is 8.29. The summed E-state index contributed by atoms with van der Waals surface area (Å²) >= 11 is 1.27. The van der Waals surface area contributed by atoms with Crippen molar-refractivity contribution in [1.29, 1.82) is 0 Å². The smallest absolute Gasteiger partial charge is 0.309 e. The summed E-state index contributed by atoms with van der Waals surface area (Å²) in [5.41, 5.74) is 5.80. The number of hydrogen-bond acceptors (Lipinski definition) is 8. The molecule has 5 N–H and O–H groups in total. The van der Waals surface area contributed by atoms with Gasteiger partial charge < -0.3 is 31.3 Å². The van der Waals surface area contributed by atoms with Crippen molar-refractivity contribution in [2.24, 2.45) is 5.73 Å². The first-order chi connectivity index (χ1) is 13.7. The molecule has 1 unspecified atom stereocenters. The van der Waals surface area contributed by atoms with Crippen molar-refractivity contribution in [1.82, 2.24) is 25.4 Å². The van der Waals surface area contributed by atoms with E-state index in [0.29, 0.717) is 19.5 Å². The van der Waals surface area contributed by atoms with E-state index in [-0.39, 0.29) is 18.1 Å². The minimum atomic E-state index is -1.18. The number of amides is 4. The molecule has 3 heterocycles. The molecule has 0 saturated carbocycles. The van der Waals surface area contributed by atoms with Crippen LogP contribution in [-0.2, 0) is 27.3 Å². The zero-order valence-corrected chi connectivity index (χ0v) is 16.8. The maximum Gasteiger partial charge on any atom is 0.309 e. The fourth-order valence-corrected chi connectivity index (χ4v) is 4.38. The van der Waals surface area contributed by atoms with Gasteiger partial charge in [0.1, 0.15) is 6.04 Å². The normalized spacial score (nSPS) is 20.1. The molecule has 12 heteroatoms. The molecule has 1 fully saturated rings. The Morgan fingerprint density at radius 3 is 2.76 bits per heavy atom. The Bertz CT molecular complexity index is 827. The summed E-state index contributed by atoms with van der Waals surface area (Å²) < 4.78 is 0. The Morgan fingerprint density at radius 1 is 1.34 bits per heavy atom. The lowest BCUT2D eigenvalue weighted by atomic mass is 10.2. The van der Waals surface area contributed by atoms with Crippen LogP contribution in [0.2, 0.25) is 0 Å². The van der Waals surface area contributed by atoms with Crippen LogP contribution in [0.5, 0.6) is 0 Å². The lowest BCUT2D eigenvalue weighted by Gasteiger charge is -2.24. The molecule has 11 nitrogen and oxygen atoms in total. The molecule has 0 aromatic carbocycles. The monoisotopic (exact) mass is 424 g/mol. The van der Waals surface area contributed by atoms with Gasteiger partial charge in [-0.3, -0.25) is 19.2 Å². The van der Waals surface area contributed by atoms with Crippen molar-refractivity contribution in [2.45, 2.75) is 31.5 Å². The van der Waals surface area contributed by atoms with Crippen LogP contribution < -0.4 is 16.4 Å². The van der Waals surface area contributed by atoms with Gasteiger partial charge in [-0.15, -0.1) is 11.3 Å². The molecule has 0 aliphatic carbocycles. The van der Waals surface area contributed by atoms with Gasteiger partial charge in [-0.05, 0) is 13.5 Å². The molecule has 0 spiro atoms. The third kappa shape index (κ3) is 5.08. The molecule has 2 aliphatic heterocycles. The van der Waals surface area contributed by atoms with Gasteiger partial charge in [0.2, 0.25) is 5.91 Å². The molecular weight excluding hydrogens is 400 g/mol. The van der Waals surface area contributed by atoms with E-state index in [2.05, 4.69) is 20.5 Å². The van der Waals surface area contributed by atoms with Crippen LogP contribution in [0.15, 0.2) is 0 Å². The summed E-state index contributed by atoms with van der Waals surface area (Å²) in [6.45, 7) is 1.76. The van der Waals surface area contributed by atoms with Gasteiger partial charge in [0.05, 0.1) is 11.8 Å². The summed E-state index contributed by atoms with van der Waals surface area (Å²) in [7, 11) is 1.99. The maximum absolute atomic E-state index is 12.8. The minimum absolute atomic E-state index is 0.146. The summed E-state index contributed by atoms with van der Waals surface area (Å²) in [4.78, 5) is 56.9. The Kier molecular flexibility index (Phi) is 6.45. The number of nitrogens with zero attached hydrogens (tertiary/aromatic N) is 3. The molecular formula is C17H24N6O5S. The first-order valence-electron chi connectivity index (χ1n) is 9.27. The number of β-amino-alcohol motifs (C(OH)–C–C–N with tert-alkyl or cyclic N) is 1. The molecule has 1 saturated heterocycles. The quantitative estimate of drug-likeness (QED) is 0.378. The molecule has 3 rings (SSSR count). The third-order valence-electron chi connectivity index (χ3n) is 4.89. The number of aliphatic hydroxyl groups excluding tert-OH is 1. The highest BCUT2D eigenvalue weighted by Gasteiger charge is 2.32. The Morgan fingerprint density at radius 2 is 2.10 bits per heavy atom. The highest BCUT2D eigenvalue weighted by Crippen LogP contribution is 2.24. The molecule has 2 aliphatic rings. The van der Waals surface area contributed by atoms with Crippen LogP contribution in [0.4, 0.5) is 0 Å². The molecule has 29 heavy (non-hydrogen) atoms. The van der Waals surface area contributed by atoms with E-state index >= 15 is 0 Å². The lowest BCUT2D eigenvalue weighted by Crippen LogP contribution is -2.54. The summed E-state index contributed by atoms with van der Waals surface area (Å²) in [6.07, 6.45) is 0.559. The van der Waals surface area contributed by atoms with E-state index in [0.717, 1.165) is 23.5 Å². The van der Waals surface area contributed by atoms with Gasteiger partial charge in [0.25, 0.3) is 5.91 Å². The number of nitrogens with one attached hydrogen (secondary N) is 2. The summed E-state index contributed by atoms with van der Waals surface area (Å²) in [6, 6.07) is -1.11. The fraction of sp³-hybridized carbons (Fsp3) is 0.588. The summed E-state index contributed by atoms with van der Waals surface area (Å²) in [5, 5.41) is 14.8. The van der Waals surface area contributed by atoms with Crippen LogP contribution in [0.25, 0.3) is 0 Å². The van der Waals surface area contributed by atoms with Crippen molar-refractivity contribution < 1.29 is 24.3 Å². The number of fused-ring (bicyclic) bond motifs is 1. The topological polar surface area (TPSA) is 158 Å². The predicted octanol–water partition coefficient (Wildman–Crippen LogP) is -2.58. The number of likely N-dealkylation sites (N-methyl/N-ethyl adjacent to an activating group) is 1. The van der Waals surface area contributed by atoms with E-state index in [1.165, 1.54) is 16.2 Å². The number of carbonyl (C=O) groups excluding carboxylic acids is 4. The average molecular weight is 424 g/mol. The van der Waals surface area contributed by atoms with Crippen molar-refractivity contribution in [3.63, 3.8) is 0 Å². The van der Waals surface area contributed by atoms with Gasteiger partial charge in [0, 0.05) is 44.0 Å². The minimum Gasteiger partial charge on any atom is -0.391 e. The predicted molar refractivity (Wildman–Crippen MR) is 103 cm³/mol. The molecule has 2 atom stereocenters. The maximum atomic E-state index is 12.8. The van der Waals surface area contributed by atoms with Gasteiger partial charge in [-0.2, -0.15) is 0 Å². The van der Waals surface area contributed by atoms with Crippen molar-refractivity contribution in [3.8, 4) is 0 Å². The average Bonchev–Trinajstić information content (AvgIpc) is 3.29. The molecule has 1 aromatic rings. The van der Waals surface area contributed by atoms with E-state index in [1.807, 2.05) is 7.05 Å². The highest BCUT2D eigenvalue weighted by molar-refractivity contribution is 7.13. The Hall–Kier alpha value is -2.57. The first kappa shape index (κ1) is 21.1. The Labute approximate surface area is 171 Å². The van der Waals surface area contributed by atoms with E-state index in [4.69, 9.17) is 5.73 Å². The number of aliphatic hydroxyl groups is 1. The van der Waals surface area contributed by atoms with E-state index < -0.39 is 35.8 Å². The van der Waals surface area contributed by atoms with Crippen molar-refractivity contribution in [2.75, 3.05) is 33.2 Å². The highest BCUT2D eigenvalue weighted by atomic mass is 32.1. The lowest BCUT2D eigenvalue weighted by molar-refractivity contribution is -0.138. The number of carbonyl (C=O) groups is 4. The van der Waals surface area contributed by atoms with Crippen LogP contribution in [0.1, 0.15) is 26.8 Å². The summed E-state index contributed by atoms with van der Waals surface area (Å²) in [5.74, 6) is -3.22. The number of primary amides is 1. The van der Waals surface area contributed by atoms with Gasteiger partial charge in [-0.1, -0.05) is 0 Å². The number of rotatable bonds is 5. The zero-order chi connectivity index (χ0) is 21.1. The van der Waals surface area contributed by atoms with Crippen molar-refractivity contribution in [3.05, 3.63) is 15.6 Å². The second kappa shape index (κ2) is 8.84. The van der Waals surface area contributed by atoms with Gasteiger partial charge in [0.15, 0.2) is 5.01 Å². The van der Waals surface area contributed by atoms with E-state index in [1.54, 1.807) is 0 Å². The SMILES string of the molecule is CN1CCc2nc(C(=O)NC(CNC(=O)C(N)=O)C(=O)N3CC[C@@H](O)C3)sc2C1. The second-order valence-electron chi connectivity index (χ2n) is 7.20. The Balaban J connectivity index is 1.71. The number of thiazole rings is 1. The van der Waals surface area contributed by atoms with Crippen LogP contribution in [-0.4, -0.2) is 88.9 Å². The zero-order valence-electron chi connectivity index (χ0n) is 16.0. The number of nitrogens with two attached hydrogens (primary N) is 1. The molecule has 0 radical (unpaired) electrons. The van der Waals surface area contributed by atoms with E-state index in [9.17, 15) is 24.3 Å². The number of likely N-dealkylation sites (tertiary alicyclic amines) is 1. The molecule has 1 aromatic heterocycles. The molecule has 0 bridgehead atoms. The van der Waals surface area contributed by atoms with Crippen molar-refractivity contribution >= 4 is 35.0 Å². The standard InChI is InChI=1S/C17H24N6O5S/c1-22-4-3-10-12(8-22)29-16(21-10)15(27)20-11(6-19-14(26)13(18)25)17(28)23-5-2-9(24)7-23/h9,11,24H,2-8H2,1H3,(H2,18,25)(H,19,26)(H,20,27)/t9-,11?/m1/s1. The van der Waals surface area contributed by atoms with Gasteiger partial charge >= 0.3 is 11.8 Å². The fourth-order valence-electron chi connectivity index (χ4n) is 3.28. The number of hydrogen-bond donors (Lipinski definition) is 4. The largest absolute Gasteiger partial charge is 0.391 e. The molecule has 4 amide bonds. The first-order valence-corrected chi connectivity index (χ1v) is 10.1. The molecule has 158 valence electrons. The third-order valence-corrected chi connectivity index (χ3v) is 5.97. The van der Waals surface area contributed by atoms with Crippen LogP contribution >= 0.6 is 11.3 Å².